The summed E-state index contributed by atoms with van der Waals surface area (Å²) in [6, 6.07) is 0. The maximum Gasteiger partial charge on any atom is 0.170 e. The Bertz CT molecular complexity index is 826. The van der Waals surface area contributed by atoms with Gasteiger partial charge in [-0.2, -0.15) is 0 Å². The van der Waals surface area contributed by atoms with Crippen LogP contribution in [0.25, 0.3) is 0 Å². The Morgan fingerprint density at radius 2 is 2.03 bits per heavy atom. The summed E-state index contributed by atoms with van der Waals surface area (Å²) in [5.41, 5.74) is -1.02. The van der Waals surface area contributed by atoms with Gasteiger partial charge in [0, 0.05) is 30.3 Å². The van der Waals surface area contributed by atoms with Crippen molar-refractivity contribution in [1.29, 1.82) is 0 Å². The van der Waals surface area contributed by atoms with Crippen LogP contribution in [0.3, 0.4) is 0 Å². The number of carbonyl (C=O) groups is 1. The van der Waals surface area contributed by atoms with Gasteiger partial charge in [-0.25, -0.2) is 0 Å². The van der Waals surface area contributed by atoms with E-state index in [1.807, 2.05) is 0 Å². The molecule has 2 saturated heterocycles. The first kappa shape index (κ1) is 21.6. The molecular formula is C26H36O5. The molecule has 5 nitrogen and oxygen atoms in total. The van der Waals surface area contributed by atoms with E-state index in [0.717, 1.165) is 44.9 Å². The number of unbranched alkanes of at least 4 members (excludes halogenated alkanes) is 2. The van der Waals surface area contributed by atoms with Crippen molar-refractivity contribution >= 4 is 5.78 Å². The molecule has 0 unspecified atom stereocenters. The normalized spacial score (nSPS) is 49.5. The molecule has 0 radical (unpaired) electrons. The summed E-state index contributed by atoms with van der Waals surface area (Å²) >= 11 is 0. The molecule has 170 valence electrons. The number of ether oxygens (including phenoxy) is 2. The second kappa shape index (κ2) is 7.15. The molecule has 4 bridgehead atoms. The number of fused-ring (bicyclic) bond motifs is 2. The van der Waals surface area contributed by atoms with Gasteiger partial charge < -0.3 is 19.7 Å². The summed E-state index contributed by atoms with van der Waals surface area (Å²) in [6.45, 7) is 9.20. The van der Waals surface area contributed by atoms with Crippen molar-refractivity contribution < 1.29 is 24.5 Å². The minimum Gasteiger partial charge on any atom is -0.393 e. The van der Waals surface area contributed by atoms with Crippen molar-refractivity contribution in [3.63, 3.8) is 0 Å². The molecule has 6 fully saturated rings. The minimum atomic E-state index is -1.08. The Labute approximate surface area is 185 Å². The zero-order chi connectivity index (χ0) is 22.2. The average Bonchev–Trinajstić information content (AvgIpc) is 2.84. The standard InChI is InChI=1S/C26H36O5/c1-5-6-7-8-12-30-23-25-11-9-10-24(3,4)18(25)14-19(31-23)26-20(25)17(27)13-16(22(26)29)15(2)21(26)28/h1,16-20,22-23,27,29H,2,6-14H2,3-4H3/t16-,17-,18+,19+,20-,22+,23+,25-,26+/m0/s1. The molecule has 4 aliphatic carbocycles. The fourth-order valence-electron chi connectivity index (χ4n) is 8.59. The quantitative estimate of drug-likeness (QED) is 0.399. The third-order valence-corrected chi connectivity index (χ3v) is 9.69. The van der Waals surface area contributed by atoms with Crippen molar-refractivity contribution in [3.8, 4) is 12.3 Å². The smallest absolute Gasteiger partial charge is 0.170 e. The first-order chi connectivity index (χ1) is 14.7. The van der Waals surface area contributed by atoms with Crippen molar-refractivity contribution in [3.05, 3.63) is 12.2 Å². The highest BCUT2D eigenvalue weighted by Crippen LogP contribution is 2.75. The van der Waals surface area contributed by atoms with Crippen LogP contribution in [-0.2, 0) is 14.3 Å². The van der Waals surface area contributed by atoms with Crippen LogP contribution in [0.2, 0.25) is 0 Å². The van der Waals surface area contributed by atoms with E-state index >= 15 is 0 Å². The number of aliphatic hydroxyl groups is 2. The van der Waals surface area contributed by atoms with Gasteiger partial charge in [-0.3, -0.25) is 4.79 Å². The van der Waals surface area contributed by atoms with E-state index < -0.39 is 35.4 Å². The number of aliphatic hydroxyl groups excluding tert-OH is 2. The van der Waals surface area contributed by atoms with Crippen LogP contribution in [-0.4, -0.2) is 47.2 Å². The van der Waals surface area contributed by atoms with Crippen LogP contribution in [0.1, 0.15) is 65.2 Å². The third kappa shape index (κ3) is 2.57. The maximum absolute atomic E-state index is 13.7. The van der Waals surface area contributed by atoms with Crippen LogP contribution in [0.4, 0.5) is 0 Å². The van der Waals surface area contributed by atoms with Gasteiger partial charge in [0.25, 0.3) is 0 Å². The van der Waals surface area contributed by atoms with Crippen LogP contribution in [0.15, 0.2) is 12.2 Å². The minimum absolute atomic E-state index is 0.0627. The van der Waals surface area contributed by atoms with E-state index in [1.165, 1.54) is 0 Å². The van der Waals surface area contributed by atoms with Crippen LogP contribution in [0, 0.1) is 46.3 Å². The Balaban J connectivity index is 1.58. The number of terminal acetylenes is 1. The van der Waals surface area contributed by atoms with Crippen LogP contribution < -0.4 is 0 Å². The summed E-state index contributed by atoms with van der Waals surface area (Å²) in [6.07, 6.45) is 9.57. The molecule has 2 N–H and O–H groups in total. The van der Waals surface area contributed by atoms with E-state index in [-0.39, 0.29) is 29.0 Å². The second-order valence-electron chi connectivity index (χ2n) is 11.4. The number of hydrogen-bond donors (Lipinski definition) is 2. The lowest BCUT2D eigenvalue weighted by molar-refractivity contribution is -0.402. The van der Waals surface area contributed by atoms with Gasteiger partial charge in [-0.1, -0.05) is 26.8 Å². The van der Waals surface area contributed by atoms with Gasteiger partial charge >= 0.3 is 0 Å². The summed E-state index contributed by atoms with van der Waals surface area (Å²) in [7, 11) is 0. The molecule has 2 heterocycles. The molecule has 0 aromatic heterocycles. The lowest BCUT2D eigenvalue weighted by atomic mass is 9.37. The second-order valence-corrected chi connectivity index (χ2v) is 11.4. The van der Waals surface area contributed by atoms with E-state index in [0.29, 0.717) is 18.6 Å². The number of Topliss-reactive ketones (excluding diaryl/α,β-unsaturated/α-hetero) is 1. The molecule has 0 aromatic rings. The Hall–Kier alpha value is -1.19. The molecule has 5 heteroatoms. The predicted molar refractivity (Wildman–Crippen MR) is 116 cm³/mol. The molecule has 2 spiro atoms. The van der Waals surface area contributed by atoms with E-state index in [9.17, 15) is 15.0 Å². The summed E-state index contributed by atoms with van der Waals surface area (Å²) < 4.78 is 13.0. The summed E-state index contributed by atoms with van der Waals surface area (Å²) in [5, 5.41) is 22.9. The number of ketones is 1. The lowest BCUT2D eigenvalue weighted by Crippen LogP contribution is -2.78. The Kier molecular flexibility index (Phi) is 4.99. The number of hydrogen-bond acceptors (Lipinski definition) is 5. The van der Waals surface area contributed by atoms with Gasteiger partial charge in [-0.15, -0.1) is 12.3 Å². The fraction of sp³-hybridized carbons (Fsp3) is 0.808. The first-order valence-corrected chi connectivity index (χ1v) is 12.0. The maximum atomic E-state index is 13.7. The number of rotatable bonds is 5. The van der Waals surface area contributed by atoms with Crippen molar-refractivity contribution in [1.82, 2.24) is 0 Å². The number of carbonyl (C=O) groups excluding carboxylic acids is 1. The molecule has 31 heavy (non-hydrogen) atoms. The molecule has 4 saturated carbocycles. The largest absolute Gasteiger partial charge is 0.393 e. The molecular weight excluding hydrogens is 392 g/mol. The molecule has 0 aromatic carbocycles. The van der Waals surface area contributed by atoms with E-state index in [4.69, 9.17) is 15.9 Å². The first-order valence-electron chi connectivity index (χ1n) is 12.0. The van der Waals surface area contributed by atoms with E-state index in [1.54, 1.807) is 0 Å². The monoisotopic (exact) mass is 428 g/mol. The van der Waals surface area contributed by atoms with Gasteiger partial charge in [0.2, 0.25) is 0 Å². The SMILES string of the molecule is C#CCCCCO[C@@H]1O[C@@H]2C[C@@H]3C(C)(C)CCC[C@]13[C@@H]1[C@@H](O)C[C@H]3C(=C)C(=O)[C@@]21[C@@H]3O. The van der Waals surface area contributed by atoms with Crippen molar-refractivity contribution in [2.75, 3.05) is 6.61 Å². The lowest BCUT2D eigenvalue weighted by Gasteiger charge is -2.72. The fourth-order valence-corrected chi connectivity index (χ4v) is 8.59. The molecule has 6 aliphatic rings. The predicted octanol–water partition coefficient (Wildman–Crippen LogP) is 3.23. The molecule has 9 atom stereocenters. The highest BCUT2D eigenvalue weighted by atomic mass is 16.7. The van der Waals surface area contributed by atoms with E-state index in [2.05, 4.69) is 26.3 Å². The van der Waals surface area contributed by atoms with Crippen LogP contribution >= 0.6 is 0 Å². The molecule has 6 rings (SSSR count). The Morgan fingerprint density at radius 1 is 1.26 bits per heavy atom. The van der Waals surface area contributed by atoms with Gasteiger partial charge in [0.05, 0.1) is 23.7 Å². The topological polar surface area (TPSA) is 76.0 Å². The highest BCUT2D eigenvalue weighted by molar-refractivity contribution is 6.04. The van der Waals surface area contributed by atoms with Gasteiger partial charge in [0.15, 0.2) is 12.1 Å². The highest BCUT2D eigenvalue weighted by Gasteiger charge is 2.81. The Morgan fingerprint density at radius 3 is 2.77 bits per heavy atom. The third-order valence-electron chi connectivity index (χ3n) is 9.69. The average molecular weight is 429 g/mol. The van der Waals surface area contributed by atoms with Gasteiger partial charge in [0.1, 0.15) is 0 Å². The van der Waals surface area contributed by atoms with Gasteiger partial charge in [-0.05, 0) is 55.4 Å². The van der Waals surface area contributed by atoms with Crippen molar-refractivity contribution in [2.24, 2.45) is 34.0 Å². The summed E-state index contributed by atoms with van der Waals surface area (Å²) in [5.74, 6) is 2.15. The van der Waals surface area contributed by atoms with Crippen molar-refractivity contribution in [2.45, 2.75) is 89.8 Å². The van der Waals surface area contributed by atoms with Crippen LogP contribution in [0.5, 0.6) is 0 Å². The summed E-state index contributed by atoms with van der Waals surface area (Å²) in [4.78, 5) is 13.7. The zero-order valence-corrected chi connectivity index (χ0v) is 18.8. The molecule has 2 aliphatic heterocycles. The zero-order valence-electron chi connectivity index (χ0n) is 18.8. The molecule has 0 amide bonds.